The van der Waals surface area contributed by atoms with Crippen LogP contribution in [0.2, 0.25) is 0 Å². The van der Waals surface area contributed by atoms with Crippen molar-refractivity contribution in [2.24, 2.45) is 7.05 Å². The van der Waals surface area contributed by atoms with Gasteiger partial charge in [0.2, 0.25) is 0 Å². The van der Waals surface area contributed by atoms with Crippen molar-refractivity contribution < 1.29 is 26.7 Å². The maximum absolute atomic E-state index is 15.3. The Morgan fingerprint density at radius 1 is 1.03 bits per heavy atom. The Morgan fingerprint density at radius 2 is 1.69 bits per heavy atom. The van der Waals surface area contributed by atoms with E-state index < -0.39 is 51.7 Å². The lowest BCUT2D eigenvalue weighted by Crippen LogP contribution is -2.40. The van der Waals surface area contributed by atoms with E-state index in [-0.39, 0.29) is 26.8 Å². The van der Waals surface area contributed by atoms with Crippen molar-refractivity contribution in [3.05, 3.63) is 76.7 Å². The van der Waals surface area contributed by atoms with E-state index in [0.29, 0.717) is 0 Å². The highest BCUT2D eigenvalue weighted by atomic mass is 19.3. The summed E-state index contributed by atoms with van der Waals surface area (Å²) in [7, 11) is 2.72. The molecule has 8 nitrogen and oxygen atoms in total. The van der Waals surface area contributed by atoms with Crippen molar-refractivity contribution >= 4 is 22.6 Å². The van der Waals surface area contributed by atoms with Crippen LogP contribution in [0.1, 0.15) is 15.9 Å². The molecule has 0 radical (unpaired) electrons. The molecule has 2 aromatic carbocycles. The number of fused-ring (bicyclic) bond motifs is 1. The summed E-state index contributed by atoms with van der Waals surface area (Å²) >= 11 is 0. The van der Waals surface area contributed by atoms with Gasteiger partial charge in [-0.2, -0.15) is 23.7 Å². The Balaban J connectivity index is 1.79. The predicted molar refractivity (Wildman–Crippen MR) is 115 cm³/mol. The van der Waals surface area contributed by atoms with Gasteiger partial charge in [-0.1, -0.05) is 0 Å². The lowest BCUT2D eigenvalue weighted by Gasteiger charge is -2.20. The summed E-state index contributed by atoms with van der Waals surface area (Å²) in [4.78, 5) is 11.7. The fraction of sp³-hybridized carbons (Fsp3) is 0.136. The van der Waals surface area contributed by atoms with E-state index in [0.717, 1.165) is 36.4 Å². The van der Waals surface area contributed by atoms with Gasteiger partial charge in [0.1, 0.15) is 28.5 Å². The zero-order chi connectivity index (χ0) is 25.7. The van der Waals surface area contributed by atoms with Crippen LogP contribution in [0.25, 0.3) is 22.2 Å². The third-order valence-electron chi connectivity index (χ3n) is 5.18. The minimum Gasteiger partial charge on any atom is -0.355 e. The molecule has 0 atom stereocenters. The van der Waals surface area contributed by atoms with Gasteiger partial charge in [0.15, 0.2) is 5.84 Å². The lowest BCUT2D eigenvalue weighted by molar-refractivity contribution is 0.0656. The van der Waals surface area contributed by atoms with Crippen LogP contribution in [0.3, 0.4) is 0 Å². The number of hydrogen-bond donors (Lipinski definition) is 3. The van der Waals surface area contributed by atoms with Crippen molar-refractivity contribution in [2.45, 2.75) is 5.92 Å². The number of halogens is 5. The van der Waals surface area contributed by atoms with Crippen LogP contribution >= 0.6 is 0 Å². The predicted octanol–water partition coefficient (Wildman–Crippen LogP) is 3.31. The molecule has 2 heterocycles. The zero-order valence-corrected chi connectivity index (χ0v) is 18.1. The number of aryl methyl sites for hydroxylation is 1. The average molecular weight is 489 g/mol. The van der Waals surface area contributed by atoms with Gasteiger partial charge in [-0.3, -0.25) is 20.3 Å². The largest absolute Gasteiger partial charge is 0.355 e. The molecule has 0 bridgehead atoms. The summed E-state index contributed by atoms with van der Waals surface area (Å²) in [5.41, 5.74) is -3.01. The van der Waals surface area contributed by atoms with Crippen LogP contribution in [0.15, 0.2) is 42.6 Å². The summed E-state index contributed by atoms with van der Waals surface area (Å²) < 4.78 is 75.3. The third-order valence-corrected chi connectivity index (χ3v) is 5.18. The molecule has 0 unspecified atom stereocenters. The second-order valence-corrected chi connectivity index (χ2v) is 7.53. The second kappa shape index (κ2) is 8.42. The number of hydrogen-bond acceptors (Lipinski definition) is 5. The molecule has 0 spiro atoms. The number of amides is 1. The monoisotopic (exact) mass is 489 g/mol. The molecule has 4 rings (SSSR count). The SMILES string of the molecule is CNC(=O)c1c(F)cc(-c2ccc(=N)n(C(=N)C(F)(F)c3cc4cn(C)nc4cc3F)n2)cc1F. The van der Waals surface area contributed by atoms with E-state index in [9.17, 15) is 18.0 Å². The van der Waals surface area contributed by atoms with Crippen molar-refractivity contribution in [3.8, 4) is 11.3 Å². The van der Waals surface area contributed by atoms with Gasteiger partial charge in [-0.25, -0.2) is 13.2 Å². The first-order chi connectivity index (χ1) is 16.4. The molecular formula is C22H16F5N7O. The first-order valence-corrected chi connectivity index (χ1v) is 9.91. The highest BCUT2D eigenvalue weighted by molar-refractivity contribution is 5.95. The van der Waals surface area contributed by atoms with Gasteiger partial charge in [-0.05, 0) is 30.3 Å². The molecule has 0 saturated heterocycles. The van der Waals surface area contributed by atoms with Crippen molar-refractivity contribution in [1.29, 1.82) is 10.8 Å². The maximum Gasteiger partial charge on any atom is 0.334 e. The topological polar surface area (TPSA) is 112 Å². The number of alkyl halides is 2. The quantitative estimate of drug-likeness (QED) is 0.232. The Kier molecular flexibility index (Phi) is 5.71. The first kappa shape index (κ1) is 23.7. The van der Waals surface area contributed by atoms with Gasteiger partial charge in [-0.15, -0.1) is 0 Å². The number of aromatic nitrogens is 4. The summed E-state index contributed by atoms with van der Waals surface area (Å²) in [5.74, 6) is -10.6. The fourth-order valence-electron chi connectivity index (χ4n) is 3.48. The van der Waals surface area contributed by atoms with Gasteiger partial charge in [0.05, 0.1) is 16.8 Å². The van der Waals surface area contributed by atoms with Crippen LogP contribution in [-0.4, -0.2) is 38.4 Å². The van der Waals surface area contributed by atoms with E-state index in [4.69, 9.17) is 10.8 Å². The molecule has 2 aromatic heterocycles. The number of nitrogens with one attached hydrogen (secondary N) is 3. The zero-order valence-electron chi connectivity index (χ0n) is 18.1. The lowest BCUT2D eigenvalue weighted by atomic mass is 10.0. The van der Waals surface area contributed by atoms with E-state index in [1.165, 1.54) is 25.0 Å². The Morgan fingerprint density at radius 3 is 2.31 bits per heavy atom. The molecule has 0 saturated carbocycles. The molecule has 35 heavy (non-hydrogen) atoms. The molecule has 0 aliphatic heterocycles. The minimum absolute atomic E-state index is 0.134. The molecule has 4 aromatic rings. The van der Waals surface area contributed by atoms with Crippen LogP contribution in [-0.2, 0) is 13.0 Å². The molecule has 3 N–H and O–H groups in total. The number of benzene rings is 2. The number of rotatable bonds is 4. The van der Waals surface area contributed by atoms with Crippen LogP contribution in [0.4, 0.5) is 22.0 Å². The summed E-state index contributed by atoms with van der Waals surface area (Å²) in [6.07, 6.45) is 1.39. The van der Waals surface area contributed by atoms with Gasteiger partial charge >= 0.3 is 5.92 Å². The van der Waals surface area contributed by atoms with Gasteiger partial charge < -0.3 is 5.32 Å². The molecule has 180 valence electrons. The van der Waals surface area contributed by atoms with Crippen molar-refractivity contribution in [1.82, 2.24) is 24.9 Å². The van der Waals surface area contributed by atoms with E-state index >= 15 is 8.78 Å². The molecule has 1 amide bonds. The normalized spacial score (nSPS) is 11.6. The highest BCUT2D eigenvalue weighted by Gasteiger charge is 2.42. The molecular weight excluding hydrogens is 473 g/mol. The van der Waals surface area contributed by atoms with Crippen LogP contribution < -0.4 is 10.8 Å². The van der Waals surface area contributed by atoms with Crippen LogP contribution in [0.5, 0.6) is 0 Å². The van der Waals surface area contributed by atoms with E-state index in [2.05, 4.69) is 15.5 Å². The molecule has 0 fully saturated rings. The molecule has 13 heteroatoms. The second-order valence-electron chi connectivity index (χ2n) is 7.53. The first-order valence-electron chi connectivity index (χ1n) is 9.91. The summed E-state index contributed by atoms with van der Waals surface area (Å²) in [5, 5.41) is 25.9. The number of carbonyl (C=O) groups is 1. The van der Waals surface area contributed by atoms with Crippen molar-refractivity contribution in [3.63, 3.8) is 0 Å². The summed E-state index contributed by atoms with van der Waals surface area (Å²) in [6.45, 7) is 0. The summed E-state index contributed by atoms with van der Waals surface area (Å²) in [6, 6.07) is 5.30. The Labute approximate surface area is 193 Å². The molecule has 0 aliphatic rings. The van der Waals surface area contributed by atoms with Crippen LogP contribution in [0, 0.1) is 28.3 Å². The minimum atomic E-state index is -4.24. The Bertz CT molecular complexity index is 1550. The van der Waals surface area contributed by atoms with Gasteiger partial charge in [0, 0.05) is 37.3 Å². The highest BCUT2D eigenvalue weighted by Crippen LogP contribution is 2.34. The van der Waals surface area contributed by atoms with E-state index in [1.807, 2.05) is 0 Å². The average Bonchev–Trinajstić information content (AvgIpc) is 3.16. The number of nitrogens with zero attached hydrogens (tertiary/aromatic N) is 4. The standard InChI is InChI=1S/C22H16F5N7O/c1-30-20(35)19-14(24)6-10(7-15(19)25)16-3-4-18(28)34(32-16)21(29)22(26,27)12-5-11-9-33(2)31-17(11)8-13(12)23/h3-9,28-29H,1-2H3,(H,30,35). The third kappa shape index (κ3) is 4.05. The smallest absolute Gasteiger partial charge is 0.334 e. The molecule has 0 aliphatic carbocycles. The van der Waals surface area contributed by atoms with Gasteiger partial charge in [0.25, 0.3) is 5.91 Å². The fourth-order valence-corrected chi connectivity index (χ4v) is 3.48. The number of carbonyl (C=O) groups excluding carboxylic acids is 1. The maximum atomic E-state index is 15.3. The van der Waals surface area contributed by atoms with Crippen molar-refractivity contribution in [2.75, 3.05) is 7.05 Å². The van der Waals surface area contributed by atoms with E-state index in [1.54, 1.807) is 0 Å². The Hall–Kier alpha value is -4.42.